The number of benzene rings is 1. The predicted octanol–water partition coefficient (Wildman–Crippen LogP) is 2.57. The molecule has 0 radical (unpaired) electrons. The summed E-state index contributed by atoms with van der Waals surface area (Å²) in [6.45, 7) is 1.45. The van der Waals surface area contributed by atoms with E-state index in [1.807, 2.05) is 24.4 Å². The number of aromatic nitrogens is 2. The van der Waals surface area contributed by atoms with Gasteiger partial charge in [-0.05, 0) is 25.0 Å². The monoisotopic (exact) mass is 341 g/mol. The van der Waals surface area contributed by atoms with E-state index in [0.29, 0.717) is 18.0 Å². The summed E-state index contributed by atoms with van der Waals surface area (Å²) in [4.78, 5) is 16.7. The molecule has 1 amide bonds. The van der Waals surface area contributed by atoms with Crippen LogP contribution >= 0.6 is 0 Å². The summed E-state index contributed by atoms with van der Waals surface area (Å²) in [5.41, 5.74) is 1.69. The molecule has 0 bridgehead atoms. The number of imidazole rings is 1. The summed E-state index contributed by atoms with van der Waals surface area (Å²) in [5.74, 6) is 2.19. The SMILES string of the molecule is COc1cccc(/C=C/C(=O)NCc2cn3c(n2)CCCC3)c1OC. The van der Waals surface area contributed by atoms with Crippen molar-refractivity contribution in [2.24, 2.45) is 0 Å². The average molecular weight is 341 g/mol. The zero-order valence-corrected chi connectivity index (χ0v) is 14.6. The fraction of sp³-hybridized carbons (Fsp3) is 0.368. The third-order valence-electron chi connectivity index (χ3n) is 4.25. The van der Waals surface area contributed by atoms with Crippen LogP contribution in [0.5, 0.6) is 11.5 Å². The number of methoxy groups -OCH3 is 2. The first kappa shape index (κ1) is 17.1. The minimum atomic E-state index is -0.171. The Hall–Kier alpha value is -2.76. The molecule has 6 nitrogen and oxygen atoms in total. The van der Waals surface area contributed by atoms with Gasteiger partial charge < -0.3 is 19.4 Å². The molecule has 0 spiro atoms. The molecule has 2 aromatic rings. The first-order chi connectivity index (χ1) is 12.2. The number of rotatable bonds is 6. The van der Waals surface area contributed by atoms with Crippen molar-refractivity contribution in [3.8, 4) is 11.5 Å². The van der Waals surface area contributed by atoms with Crippen molar-refractivity contribution in [1.29, 1.82) is 0 Å². The highest BCUT2D eigenvalue weighted by Crippen LogP contribution is 2.31. The molecule has 1 aromatic heterocycles. The largest absolute Gasteiger partial charge is 0.493 e. The zero-order valence-electron chi connectivity index (χ0n) is 14.6. The lowest BCUT2D eigenvalue weighted by atomic mass is 10.1. The number of ether oxygens (including phenoxy) is 2. The molecule has 3 rings (SSSR count). The van der Waals surface area contributed by atoms with Crippen LogP contribution in [-0.4, -0.2) is 29.7 Å². The van der Waals surface area contributed by atoms with Crippen LogP contribution < -0.4 is 14.8 Å². The highest BCUT2D eigenvalue weighted by Gasteiger charge is 2.12. The standard InChI is InChI=1S/C19H23N3O3/c1-24-16-7-5-6-14(19(16)25-2)9-10-18(23)20-12-15-13-22-11-4-3-8-17(22)21-15/h5-7,9-10,13H,3-4,8,11-12H2,1-2H3,(H,20,23)/b10-9+. The number of hydrogen-bond donors (Lipinski definition) is 1. The van der Waals surface area contributed by atoms with Gasteiger partial charge >= 0.3 is 0 Å². The highest BCUT2D eigenvalue weighted by molar-refractivity contribution is 5.92. The number of carbonyl (C=O) groups excluding carboxylic acids is 1. The van der Waals surface area contributed by atoms with Crippen molar-refractivity contribution in [2.45, 2.75) is 32.4 Å². The van der Waals surface area contributed by atoms with Gasteiger partial charge in [-0.25, -0.2) is 4.98 Å². The van der Waals surface area contributed by atoms with E-state index in [4.69, 9.17) is 9.47 Å². The summed E-state index contributed by atoms with van der Waals surface area (Å²) < 4.78 is 12.8. The fourth-order valence-electron chi connectivity index (χ4n) is 3.00. The van der Waals surface area contributed by atoms with Gasteiger partial charge in [0.2, 0.25) is 5.91 Å². The molecule has 0 aliphatic carbocycles. The van der Waals surface area contributed by atoms with Gasteiger partial charge in [-0.3, -0.25) is 4.79 Å². The van der Waals surface area contributed by atoms with Crippen molar-refractivity contribution < 1.29 is 14.3 Å². The van der Waals surface area contributed by atoms with Gasteiger partial charge in [-0.15, -0.1) is 0 Å². The molecular weight excluding hydrogens is 318 g/mol. The molecule has 0 saturated carbocycles. The summed E-state index contributed by atoms with van der Waals surface area (Å²) in [7, 11) is 3.16. The molecular formula is C19H23N3O3. The minimum Gasteiger partial charge on any atom is -0.493 e. The molecule has 0 atom stereocenters. The van der Waals surface area contributed by atoms with Crippen LogP contribution in [0.25, 0.3) is 6.08 Å². The Morgan fingerprint density at radius 3 is 2.96 bits per heavy atom. The molecule has 1 aliphatic heterocycles. The Bertz CT molecular complexity index is 757. The normalized spacial score (nSPS) is 13.5. The minimum absolute atomic E-state index is 0.171. The van der Waals surface area contributed by atoms with Crippen LogP contribution in [-0.2, 0) is 24.3 Å². The molecule has 25 heavy (non-hydrogen) atoms. The van der Waals surface area contributed by atoms with Gasteiger partial charge in [-0.2, -0.15) is 0 Å². The maximum Gasteiger partial charge on any atom is 0.244 e. The van der Waals surface area contributed by atoms with E-state index in [-0.39, 0.29) is 5.91 Å². The quantitative estimate of drug-likeness (QED) is 0.820. The molecule has 0 unspecified atom stereocenters. The molecule has 0 fully saturated rings. The second kappa shape index (κ2) is 7.88. The molecule has 6 heteroatoms. The predicted molar refractivity (Wildman–Crippen MR) is 95.6 cm³/mol. The van der Waals surface area contributed by atoms with Gasteiger partial charge in [0.25, 0.3) is 0 Å². The lowest BCUT2D eigenvalue weighted by molar-refractivity contribution is -0.116. The Morgan fingerprint density at radius 1 is 1.32 bits per heavy atom. The van der Waals surface area contributed by atoms with Crippen LogP contribution in [0.2, 0.25) is 0 Å². The van der Waals surface area contributed by atoms with Crippen molar-refractivity contribution in [1.82, 2.24) is 14.9 Å². The fourth-order valence-corrected chi connectivity index (χ4v) is 3.00. The summed E-state index contributed by atoms with van der Waals surface area (Å²) in [5, 5.41) is 2.87. The van der Waals surface area contributed by atoms with Gasteiger partial charge in [0.05, 0.1) is 26.5 Å². The number of nitrogens with zero attached hydrogens (tertiary/aromatic N) is 2. The van der Waals surface area contributed by atoms with E-state index < -0.39 is 0 Å². The van der Waals surface area contributed by atoms with Crippen molar-refractivity contribution in [2.75, 3.05) is 14.2 Å². The summed E-state index contributed by atoms with van der Waals surface area (Å²) >= 11 is 0. The molecule has 1 aliphatic rings. The number of para-hydroxylation sites is 1. The number of hydrogen-bond acceptors (Lipinski definition) is 4. The Labute approximate surface area is 147 Å². The first-order valence-corrected chi connectivity index (χ1v) is 8.43. The van der Waals surface area contributed by atoms with Crippen LogP contribution in [0.3, 0.4) is 0 Å². The third-order valence-corrected chi connectivity index (χ3v) is 4.25. The smallest absolute Gasteiger partial charge is 0.244 e. The molecule has 132 valence electrons. The van der Waals surface area contributed by atoms with Crippen molar-refractivity contribution >= 4 is 12.0 Å². The summed E-state index contributed by atoms with van der Waals surface area (Å²) in [6, 6.07) is 5.54. The number of carbonyl (C=O) groups is 1. The van der Waals surface area contributed by atoms with E-state index in [0.717, 1.165) is 30.0 Å². The second-order valence-corrected chi connectivity index (χ2v) is 5.93. The average Bonchev–Trinajstić information content (AvgIpc) is 3.07. The van der Waals surface area contributed by atoms with E-state index in [9.17, 15) is 4.79 Å². The van der Waals surface area contributed by atoms with Crippen LogP contribution in [0.1, 0.15) is 29.9 Å². The van der Waals surface area contributed by atoms with Crippen LogP contribution in [0.4, 0.5) is 0 Å². The lowest BCUT2D eigenvalue weighted by Gasteiger charge is -2.11. The topological polar surface area (TPSA) is 65.4 Å². The van der Waals surface area contributed by atoms with E-state index >= 15 is 0 Å². The number of nitrogens with one attached hydrogen (secondary N) is 1. The van der Waals surface area contributed by atoms with Crippen molar-refractivity contribution in [3.05, 3.63) is 47.6 Å². The molecule has 1 aromatic carbocycles. The molecule has 1 N–H and O–H groups in total. The Morgan fingerprint density at radius 2 is 2.20 bits per heavy atom. The van der Waals surface area contributed by atoms with E-state index in [1.54, 1.807) is 20.3 Å². The van der Waals surface area contributed by atoms with Gasteiger partial charge in [0, 0.05) is 30.8 Å². The van der Waals surface area contributed by atoms with Gasteiger partial charge in [0.1, 0.15) is 5.82 Å². The highest BCUT2D eigenvalue weighted by atomic mass is 16.5. The molecule has 0 saturated heterocycles. The van der Waals surface area contributed by atoms with Crippen molar-refractivity contribution in [3.63, 3.8) is 0 Å². The zero-order chi connectivity index (χ0) is 17.6. The van der Waals surface area contributed by atoms with Gasteiger partial charge in [0.15, 0.2) is 11.5 Å². The Balaban J connectivity index is 1.61. The van der Waals surface area contributed by atoms with E-state index in [1.165, 1.54) is 18.9 Å². The number of fused-ring (bicyclic) bond motifs is 1. The van der Waals surface area contributed by atoms with Gasteiger partial charge in [-0.1, -0.05) is 12.1 Å². The maximum atomic E-state index is 12.1. The van der Waals surface area contributed by atoms with Crippen LogP contribution in [0, 0.1) is 0 Å². The lowest BCUT2D eigenvalue weighted by Crippen LogP contribution is -2.20. The number of aryl methyl sites for hydroxylation is 2. The Kier molecular flexibility index (Phi) is 5.38. The second-order valence-electron chi connectivity index (χ2n) is 5.93. The molecule has 2 heterocycles. The summed E-state index contributed by atoms with van der Waals surface area (Å²) in [6.07, 6.45) is 8.64. The third kappa shape index (κ3) is 4.02. The first-order valence-electron chi connectivity index (χ1n) is 8.43. The van der Waals surface area contributed by atoms with E-state index in [2.05, 4.69) is 14.9 Å². The van der Waals surface area contributed by atoms with Crippen LogP contribution in [0.15, 0.2) is 30.5 Å². The maximum absolute atomic E-state index is 12.1. The number of amides is 1.